The zero-order valence-corrected chi connectivity index (χ0v) is 17.5. The maximum absolute atomic E-state index is 13.6. The molecule has 1 atom stereocenters. The fraction of sp³-hybridized carbons (Fsp3) is 0.0800. The Labute approximate surface area is 184 Å². The van der Waals surface area contributed by atoms with E-state index in [4.69, 9.17) is 11.6 Å². The highest BCUT2D eigenvalue weighted by atomic mass is 35.5. The topological polar surface area (TPSA) is 59.8 Å². The van der Waals surface area contributed by atoms with Gasteiger partial charge in [0.15, 0.2) is 0 Å². The first-order chi connectivity index (χ1) is 15.1. The first-order valence-corrected chi connectivity index (χ1v) is 10.4. The van der Waals surface area contributed by atoms with E-state index in [0.717, 1.165) is 33.5 Å². The van der Waals surface area contributed by atoms with Gasteiger partial charge >= 0.3 is 0 Å². The predicted molar refractivity (Wildman–Crippen MR) is 126 cm³/mol. The van der Waals surface area contributed by atoms with Crippen molar-refractivity contribution in [1.29, 1.82) is 0 Å². The normalized spacial score (nSPS) is 12.2. The van der Waals surface area contributed by atoms with Crippen LogP contribution in [0.15, 0.2) is 90.0 Å². The number of pyridine rings is 3. The van der Waals surface area contributed by atoms with E-state index in [9.17, 15) is 4.79 Å². The molecule has 0 saturated carbocycles. The molecule has 0 unspecified atom stereocenters. The summed E-state index contributed by atoms with van der Waals surface area (Å²) in [5, 5.41) is 5.30. The molecule has 3 aromatic heterocycles. The number of benzene rings is 2. The molecule has 2 aromatic carbocycles. The van der Waals surface area contributed by atoms with E-state index in [2.05, 4.69) is 15.3 Å². The average Bonchev–Trinajstić information content (AvgIpc) is 2.79. The lowest BCUT2D eigenvalue weighted by molar-refractivity contribution is 0.778. The number of aromatic nitrogens is 3. The van der Waals surface area contributed by atoms with Crippen molar-refractivity contribution in [1.82, 2.24) is 14.5 Å². The molecule has 5 rings (SSSR count). The third-order valence-electron chi connectivity index (χ3n) is 5.35. The summed E-state index contributed by atoms with van der Waals surface area (Å²) in [7, 11) is 0. The highest BCUT2D eigenvalue weighted by Crippen LogP contribution is 2.28. The summed E-state index contributed by atoms with van der Waals surface area (Å²) in [4.78, 5) is 22.4. The smallest absolute Gasteiger partial charge is 0.264 e. The Morgan fingerprint density at radius 1 is 0.935 bits per heavy atom. The van der Waals surface area contributed by atoms with Crippen molar-refractivity contribution in [2.24, 2.45) is 0 Å². The van der Waals surface area contributed by atoms with E-state index in [-0.39, 0.29) is 11.6 Å². The fourth-order valence-electron chi connectivity index (χ4n) is 3.90. The van der Waals surface area contributed by atoms with Gasteiger partial charge in [-0.05, 0) is 54.8 Å². The van der Waals surface area contributed by atoms with Gasteiger partial charge in [-0.15, -0.1) is 0 Å². The fourth-order valence-corrected chi connectivity index (χ4v) is 4.17. The number of anilines is 1. The standard InChI is InChI=1S/C25H19ClN4O/c1-16(29-21-12-14-27-20-11-6-13-28-24(20)21)22-15-17-7-5-10-19(26)23(17)25(31)30(22)18-8-3-2-4-9-18/h2-16H,1H3,(H,27,29)/t16-/m0/s1. The van der Waals surface area contributed by atoms with Crippen LogP contribution in [0.1, 0.15) is 18.7 Å². The summed E-state index contributed by atoms with van der Waals surface area (Å²) < 4.78 is 1.72. The quantitative estimate of drug-likeness (QED) is 0.397. The lowest BCUT2D eigenvalue weighted by Gasteiger charge is -2.22. The van der Waals surface area contributed by atoms with E-state index >= 15 is 0 Å². The number of nitrogens with one attached hydrogen (secondary N) is 1. The van der Waals surface area contributed by atoms with Gasteiger partial charge in [-0.25, -0.2) is 0 Å². The predicted octanol–water partition coefficient (Wildman–Crippen LogP) is 5.76. The molecule has 0 aliphatic rings. The minimum absolute atomic E-state index is 0.143. The highest BCUT2D eigenvalue weighted by molar-refractivity contribution is 6.35. The van der Waals surface area contributed by atoms with Crippen LogP contribution in [0.5, 0.6) is 0 Å². The molecule has 0 bridgehead atoms. The van der Waals surface area contributed by atoms with Crippen LogP contribution < -0.4 is 10.9 Å². The van der Waals surface area contributed by atoms with Gasteiger partial charge in [-0.2, -0.15) is 0 Å². The van der Waals surface area contributed by atoms with E-state index in [1.54, 1.807) is 23.0 Å². The maximum atomic E-state index is 13.6. The molecule has 0 fully saturated rings. The van der Waals surface area contributed by atoms with Crippen LogP contribution in [0.3, 0.4) is 0 Å². The number of fused-ring (bicyclic) bond motifs is 2. The molecule has 31 heavy (non-hydrogen) atoms. The van der Waals surface area contributed by atoms with E-state index in [0.29, 0.717) is 10.4 Å². The number of para-hydroxylation sites is 1. The van der Waals surface area contributed by atoms with Crippen LogP contribution in [-0.4, -0.2) is 14.5 Å². The summed E-state index contributed by atoms with van der Waals surface area (Å²) in [5.41, 5.74) is 3.93. The van der Waals surface area contributed by atoms with Crippen LogP contribution in [0.4, 0.5) is 5.69 Å². The number of halogens is 1. The van der Waals surface area contributed by atoms with Gasteiger partial charge in [0, 0.05) is 23.8 Å². The molecule has 6 heteroatoms. The zero-order valence-electron chi connectivity index (χ0n) is 16.8. The van der Waals surface area contributed by atoms with Crippen molar-refractivity contribution in [3.8, 4) is 5.69 Å². The van der Waals surface area contributed by atoms with Gasteiger partial charge in [-0.1, -0.05) is 41.9 Å². The zero-order chi connectivity index (χ0) is 21.4. The van der Waals surface area contributed by atoms with Crippen molar-refractivity contribution in [3.05, 3.63) is 106 Å². The summed E-state index contributed by atoms with van der Waals surface area (Å²) in [6.07, 6.45) is 3.50. The molecule has 5 nitrogen and oxygen atoms in total. The minimum Gasteiger partial charge on any atom is -0.375 e. The summed E-state index contributed by atoms with van der Waals surface area (Å²) >= 11 is 6.40. The summed E-state index contributed by atoms with van der Waals surface area (Å²) in [6.45, 7) is 2.03. The third kappa shape index (κ3) is 3.43. The Balaban J connectivity index is 1.71. The average molecular weight is 427 g/mol. The Morgan fingerprint density at radius 3 is 2.61 bits per heavy atom. The van der Waals surface area contributed by atoms with Crippen molar-refractivity contribution < 1.29 is 0 Å². The summed E-state index contributed by atoms with van der Waals surface area (Å²) in [6, 6.07) is 22.6. The van der Waals surface area contributed by atoms with Crippen molar-refractivity contribution in [2.75, 3.05) is 5.32 Å². The molecule has 152 valence electrons. The Kier molecular flexibility index (Phi) is 4.88. The maximum Gasteiger partial charge on any atom is 0.264 e. The molecular formula is C25H19ClN4O. The van der Waals surface area contributed by atoms with Crippen LogP contribution in [-0.2, 0) is 0 Å². The third-order valence-corrected chi connectivity index (χ3v) is 5.67. The molecule has 0 spiro atoms. The molecular weight excluding hydrogens is 408 g/mol. The molecule has 0 aliphatic carbocycles. The van der Waals surface area contributed by atoms with Crippen molar-refractivity contribution in [3.63, 3.8) is 0 Å². The SMILES string of the molecule is C[C@H](Nc1ccnc2cccnc12)c1cc2cccc(Cl)c2c(=O)n1-c1ccccc1. The molecule has 1 N–H and O–H groups in total. The van der Waals surface area contributed by atoms with E-state index in [1.165, 1.54) is 0 Å². The molecule has 3 heterocycles. The summed E-state index contributed by atoms with van der Waals surface area (Å²) in [5.74, 6) is 0. The van der Waals surface area contributed by atoms with Crippen molar-refractivity contribution >= 4 is 39.1 Å². The second-order valence-corrected chi connectivity index (χ2v) is 7.75. The second kappa shape index (κ2) is 7.85. The van der Waals surface area contributed by atoms with Crippen LogP contribution in [0.2, 0.25) is 5.02 Å². The first kappa shape index (κ1) is 19.3. The van der Waals surface area contributed by atoms with Gasteiger partial charge in [0.2, 0.25) is 0 Å². The molecule has 0 aliphatic heterocycles. The first-order valence-electron chi connectivity index (χ1n) is 9.99. The monoisotopic (exact) mass is 426 g/mol. The number of hydrogen-bond acceptors (Lipinski definition) is 4. The highest BCUT2D eigenvalue weighted by Gasteiger charge is 2.18. The minimum atomic E-state index is -0.191. The number of nitrogens with zero attached hydrogens (tertiary/aromatic N) is 3. The van der Waals surface area contributed by atoms with Gasteiger partial charge in [-0.3, -0.25) is 19.3 Å². The van der Waals surface area contributed by atoms with Crippen LogP contribution in [0.25, 0.3) is 27.5 Å². The van der Waals surface area contributed by atoms with Gasteiger partial charge in [0.25, 0.3) is 5.56 Å². The molecule has 0 saturated heterocycles. The lowest BCUT2D eigenvalue weighted by atomic mass is 10.1. The van der Waals surface area contributed by atoms with E-state index in [1.807, 2.05) is 73.7 Å². The largest absolute Gasteiger partial charge is 0.375 e. The van der Waals surface area contributed by atoms with Gasteiger partial charge in [0.05, 0.1) is 27.7 Å². The van der Waals surface area contributed by atoms with E-state index < -0.39 is 0 Å². The van der Waals surface area contributed by atoms with Crippen LogP contribution in [0, 0.1) is 0 Å². The van der Waals surface area contributed by atoms with Gasteiger partial charge in [0.1, 0.15) is 5.52 Å². The molecule has 0 radical (unpaired) electrons. The van der Waals surface area contributed by atoms with Gasteiger partial charge < -0.3 is 5.32 Å². The van der Waals surface area contributed by atoms with Crippen molar-refractivity contribution in [2.45, 2.75) is 13.0 Å². The number of hydrogen-bond donors (Lipinski definition) is 1. The second-order valence-electron chi connectivity index (χ2n) is 7.35. The van der Waals surface area contributed by atoms with Crippen LogP contribution >= 0.6 is 11.6 Å². The molecule has 5 aromatic rings. The Bertz CT molecular complexity index is 1460. The number of rotatable bonds is 4. The lowest BCUT2D eigenvalue weighted by Crippen LogP contribution is -2.25. The Hall–Kier alpha value is -3.70. The Morgan fingerprint density at radius 2 is 1.77 bits per heavy atom. The molecule has 0 amide bonds.